The third kappa shape index (κ3) is 4.27. The van der Waals surface area contributed by atoms with Crippen molar-refractivity contribution in [3.63, 3.8) is 0 Å². The van der Waals surface area contributed by atoms with Gasteiger partial charge in [-0.15, -0.1) is 0 Å². The fourth-order valence-corrected chi connectivity index (χ4v) is 3.53. The van der Waals surface area contributed by atoms with Crippen LogP contribution >= 0.6 is 23.4 Å². The van der Waals surface area contributed by atoms with Crippen molar-refractivity contribution in [3.05, 3.63) is 28.7 Å². The molecule has 6 nitrogen and oxygen atoms in total. The van der Waals surface area contributed by atoms with Crippen LogP contribution in [0.4, 0.5) is 5.82 Å². The lowest BCUT2D eigenvalue weighted by molar-refractivity contribution is 0.102. The van der Waals surface area contributed by atoms with Gasteiger partial charge in [-0.25, -0.2) is 9.97 Å². The Labute approximate surface area is 150 Å². The highest BCUT2D eigenvalue weighted by molar-refractivity contribution is 7.98. The van der Waals surface area contributed by atoms with Gasteiger partial charge in [0.25, 0.3) is 5.91 Å². The molecule has 8 heteroatoms. The quantitative estimate of drug-likeness (QED) is 0.619. The van der Waals surface area contributed by atoms with Crippen LogP contribution in [0.3, 0.4) is 0 Å². The summed E-state index contributed by atoms with van der Waals surface area (Å²) in [6.45, 7) is 0. The highest BCUT2D eigenvalue weighted by atomic mass is 35.5. The summed E-state index contributed by atoms with van der Waals surface area (Å²) in [4.78, 5) is 20.5. The van der Waals surface area contributed by atoms with E-state index in [0.29, 0.717) is 16.9 Å². The van der Waals surface area contributed by atoms with Gasteiger partial charge in [-0.05, 0) is 18.6 Å². The van der Waals surface area contributed by atoms with Crippen molar-refractivity contribution >= 4 is 35.1 Å². The standard InChI is InChI=1S/C16H20ClN5OS/c1-24-16-18-9-12(17)14(20-16)15(23)19-13-8-11(21-22-13)7-10-5-3-2-4-6-10/h8-10H,2-7H2,1H3,(H2,19,21,22,23). The molecule has 0 atom stereocenters. The van der Waals surface area contributed by atoms with E-state index in [1.807, 2.05) is 12.3 Å². The first kappa shape index (κ1) is 17.2. The van der Waals surface area contributed by atoms with E-state index in [4.69, 9.17) is 11.6 Å². The van der Waals surface area contributed by atoms with Crippen LogP contribution in [0.1, 0.15) is 48.3 Å². The zero-order chi connectivity index (χ0) is 16.9. The third-order valence-corrected chi connectivity index (χ3v) is 5.06. The maximum absolute atomic E-state index is 12.4. The van der Waals surface area contributed by atoms with Crippen molar-refractivity contribution in [1.82, 2.24) is 20.2 Å². The number of carbonyl (C=O) groups is 1. The molecule has 1 aliphatic rings. The first-order valence-corrected chi connectivity index (χ1v) is 9.68. The summed E-state index contributed by atoms with van der Waals surface area (Å²) in [5.74, 6) is 0.822. The second-order valence-electron chi connectivity index (χ2n) is 5.99. The molecule has 2 aromatic rings. The molecule has 2 aromatic heterocycles. The van der Waals surface area contributed by atoms with E-state index >= 15 is 0 Å². The molecule has 0 spiro atoms. The van der Waals surface area contributed by atoms with Gasteiger partial charge in [0.1, 0.15) is 0 Å². The maximum Gasteiger partial charge on any atom is 0.277 e. The normalized spacial score (nSPS) is 15.4. The second-order valence-corrected chi connectivity index (χ2v) is 7.17. The summed E-state index contributed by atoms with van der Waals surface area (Å²) in [6, 6.07) is 1.89. The van der Waals surface area contributed by atoms with Crippen molar-refractivity contribution in [1.29, 1.82) is 0 Å². The number of hydrogen-bond acceptors (Lipinski definition) is 5. The van der Waals surface area contributed by atoms with Gasteiger partial charge in [-0.3, -0.25) is 9.89 Å². The van der Waals surface area contributed by atoms with Gasteiger partial charge in [-0.1, -0.05) is 55.5 Å². The Hall–Kier alpha value is -1.60. The summed E-state index contributed by atoms with van der Waals surface area (Å²) in [7, 11) is 0. The molecular formula is C16H20ClN5OS. The van der Waals surface area contributed by atoms with Gasteiger partial charge >= 0.3 is 0 Å². The molecule has 0 aromatic carbocycles. The van der Waals surface area contributed by atoms with Crippen LogP contribution in [0.2, 0.25) is 5.02 Å². The topological polar surface area (TPSA) is 83.6 Å². The number of nitrogens with one attached hydrogen (secondary N) is 2. The fourth-order valence-electron chi connectivity index (χ4n) is 3.02. The zero-order valence-corrected chi connectivity index (χ0v) is 15.1. The molecule has 1 fully saturated rings. The lowest BCUT2D eigenvalue weighted by Crippen LogP contribution is -2.15. The van der Waals surface area contributed by atoms with E-state index in [0.717, 1.165) is 12.1 Å². The predicted molar refractivity (Wildman–Crippen MR) is 95.6 cm³/mol. The van der Waals surface area contributed by atoms with Crippen molar-refractivity contribution in [2.24, 2.45) is 5.92 Å². The third-order valence-electron chi connectivity index (χ3n) is 4.23. The van der Waals surface area contributed by atoms with Crippen LogP contribution in [0.15, 0.2) is 17.4 Å². The number of aromatic nitrogens is 4. The van der Waals surface area contributed by atoms with Crippen LogP contribution in [0, 0.1) is 5.92 Å². The summed E-state index contributed by atoms with van der Waals surface area (Å²) in [5.41, 5.74) is 1.21. The summed E-state index contributed by atoms with van der Waals surface area (Å²) >= 11 is 7.38. The number of nitrogens with zero attached hydrogens (tertiary/aromatic N) is 3. The number of rotatable bonds is 5. The molecule has 128 valence electrons. The average molecular weight is 366 g/mol. The Morgan fingerprint density at radius 3 is 2.96 bits per heavy atom. The van der Waals surface area contributed by atoms with Gasteiger partial charge < -0.3 is 5.32 Å². The number of carbonyl (C=O) groups excluding carboxylic acids is 1. The van der Waals surface area contributed by atoms with Gasteiger partial charge in [0.15, 0.2) is 16.7 Å². The number of H-pyrrole nitrogens is 1. The van der Waals surface area contributed by atoms with Crippen molar-refractivity contribution in [3.8, 4) is 0 Å². The fraction of sp³-hybridized carbons (Fsp3) is 0.500. The molecule has 0 radical (unpaired) electrons. The van der Waals surface area contributed by atoms with Crippen LogP contribution in [0.25, 0.3) is 0 Å². The molecule has 1 saturated carbocycles. The first-order valence-electron chi connectivity index (χ1n) is 8.08. The summed E-state index contributed by atoms with van der Waals surface area (Å²) in [5, 5.41) is 10.7. The molecule has 2 heterocycles. The molecule has 3 rings (SSSR count). The van der Waals surface area contributed by atoms with Crippen LogP contribution in [-0.4, -0.2) is 32.3 Å². The minimum absolute atomic E-state index is 0.160. The predicted octanol–water partition coefficient (Wildman–Crippen LogP) is 3.95. The Morgan fingerprint density at radius 2 is 2.21 bits per heavy atom. The SMILES string of the molecule is CSc1ncc(Cl)c(C(=O)Nc2cc(CC3CCCCC3)[nH]n2)n1. The minimum Gasteiger partial charge on any atom is -0.304 e. The van der Waals surface area contributed by atoms with Gasteiger partial charge in [0, 0.05) is 11.8 Å². The van der Waals surface area contributed by atoms with E-state index in [2.05, 4.69) is 25.5 Å². The largest absolute Gasteiger partial charge is 0.304 e. The lowest BCUT2D eigenvalue weighted by Gasteiger charge is -2.20. The average Bonchev–Trinajstić information content (AvgIpc) is 3.03. The highest BCUT2D eigenvalue weighted by Gasteiger charge is 2.18. The van der Waals surface area contributed by atoms with Gasteiger partial charge in [0.05, 0.1) is 11.2 Å². The Morgan fingerprint density at radius 1 is 1.42 bits per heavy atom. The first-order chi connectivity index (χ1) is 11.7. The summed E-state index contributed by atoms with van der Waals surface area (Å²) < 4.78 is 0. The van der Waals surface area contributed by atoms with E-state index < -0.39 is 0 Å². The number of anilines is 1. The monoisotopic (exact) mass is 365 g/mol. The van der Waals surface area contributed by atoms with Crippen molar-refractivity contribution in [2.45, 2.75) is 43.7 Å². The number of amides is 1. The zero-order valence-electron chi connectivity index (χ0n) is 13.5. The molecule has 24 heavy (non-hydrogen) atoms. The molecule has 2 N–H and O–H groups in total. The molecular weight excluding hydrogens is 346 g/mol. The molecule has 1 amide bonds. The number of halogens is 1. The molecule has 0 aliphatic heterocycles. The van der Waals surface area contributed by atoms with E-state index in [1.165, 1.54) is 50.1 Å². The lowest BCUT2D eigenvalue weighted by atomic mass is 9.86. The van der Waals surface area contributed by atoms with E-state index in [9.17, 15) is 4.79 Å². The smallest absolute Gasteiger partial charge is 0.277 e. The van der Waals surface area contributed by atoms with Gasteiger partial charge in [0.2, 0.25) is 0 Å². The van der Waals surface area contributed by atoms with E-state index in [-0.39, 0.29) is 16.6 Å². The maximum atomic E-state index is 12.4. The highest BCUT2D eigenvalue weighted by Crippen LogP contribution is 2.27. The van der Waals surface area contributed by atoms with Crippen LogP contribution in [-0.2, 0) is 6.42 Å². The molecule has 0 unspecified atom stereocenters. The van der Waals surface area contributed by atoms with Crippen molar-refractivity contribution in [2.75, 3.05) is 11.6 Å². The second kappa shape index (κ2) is 7.98. The summed E-state index contributed by atoms with van der Waals surface area (Å²) in [6.07, 6.45) is 10.8. The molecule has 0 bridgehead atoms. The number of aromatic amines is 1. The molecule has 0 saturated heterocycles. The minimum atomic E-state index is -0.381. The Balaban J connectivity index is 1.64. The van der Waals surface area contributed by atoms with Crippen LogP contribution in [0.5, 0.6) is 0 Å². The Kier molecular flexibility index (Phi) is 5.73. The number of thioether (sulfide) groups is 1. The number of hydrogen-bond donors (Lipinski definition) is 2. The molecule has 1 aliphatic carbocycles. The Bertz CT molecular complexity index is 714. The van der Waals surface area contributed by atoms with Crippen LogP contribution < -0.4 is 5.32 Å². The van der Waals surface area contributed by atoms with Gasteiger partial charge in [-0.2, -0.15) is 5.10 Å². The van der Waals surface area contributed by atoms with Crippen molar-refractivity contribution < 1.29 is 4.79 Å². The van der Waals surface area contributed by atoms with E-state index in [1.54, 1.807) is 0 Å².